The standard InChI is InChI=1S/C14H21FN2O/c1-16-9-11-6-12(15)8-14(7-11)17-5-3-2-4-13(17)10-18/h6-8,13,16,18H,2-5,9-10H2,1H3. The first-order chi connectivity index (χ1) is 8.74. The number of halogens is 1. The van der Waals surface area contributed by atoms with Crippen LogP contribution in [0.4, 0.5) is 10.1 Å². The number of piperidine rings is 1. The third-order valence-electron chi connectivity index (χ3n) is 3.49. The minimum absolute atomic E-state index is 0.128. The van der Waals surface area contributed by atoms with E-state index in [1.165, 1.54) is 0 Å². The van der Waals surface area contributed by atoms with Crippen LogP contribution in [0.25, 0.3) is 0 Å². The summed E-state index contributed by atoms with van der Waals surface area (Å²) in [6.45, 7) is 1.69. The average molecular weight is 252 g/mol. The minimum Gasteiger partial charge on any atom is -0.394 e. The van der Waals surface area contributed by atoms with Crippen LogP contribution in [0.1, 0.15) is 24.8 Å². The summed E-state index contributed by atoms with van der Waals surface area (Å²) in [5.74, 6) is -0.208. The number of aliphatic hydroxyl groups excluding tert-OH is 1. The topological polar surface area (TPSA) is 35.5 Å². The van der Waals surface area contributed by atoms with Crippen molar-refractivity contribution in [1.29, 1.82) is 0 Å². The van der Waals surface area contributed by atoms with Crippen LogP contribution in [0.3, 0.4) is 0 Å². The van der Waals surface area contributed by atoms with Crippen LogP contribution >= 0.6 is 0 Å². The second-order valence-corrected chi connectivity index (χ2v) is 4.87. The van der Waals surface area contributed by atoms with Crippen molar-refractivity contribution in [2.45, 2.75) is 31.8 Å². The van der Waals surface area contributed by atoms with Crippen molar-refractivity contribution >= 4 is 5.69 Å². The molecular formula is C14H21FN2O. The Kier molecular flexibility index (Phi) is 4.55. The van der Waals surface area contributed by atoms with Crippen molar-refractivity contribution in [3.05, 3.63) is 29.6 Å². The number of hydrogen-bond acceptors (Lipinski definition) is 3. The van der Waals surface area contributed by atoms with Crippen molar-refractivity contribution in [2.75, 3.05) is 25.1 Å². The molecule has 0 radical (unpaired) electrons. The monoisotopic (exact) mass is 252 g/mol. The summed E-state index contributed by atoms with van der Waals surface area (Å²) < 4.78 is 13.6. The molecule has 0 spiro atoms. The highest BCUT2D eigenvalue weighted by Crippen LogP contribution is 2.26. The molecule has 4 heteroatoms. The summed E-state index contributed by atoms with van der Waals surface area (Å²) in [5, 5.41) is 12.4. The van der Waals surface area contributed by atoms with Crippen LogP contribution in [-0.4, -0.2) is 31.3 Å². The molecule has 1 aliphatic rings. The highest BCUT2D eigenvalue weighted by molar-refractivity contribution is 5.50. The molecule has 1 aromatic rings. The number of rotatable bonds is 4. The van der Waals surface area contributed by atoms with Crippen molar-refractivity contribution in [1.82, 2.24) is 5.32 Å². The molecule has 1 fully saturated rings. The van der Waals surface area contributed by atoms with Gasteiger partial charge in [0.25, 0.3) is 0 Å². The molecule has 1 aromatic carbocycles. The van der Waals surface area contributed by atoms with Crippen LogP contribution < -0.4 is 10.2 Å². The molecule has 18 heavy (non-hydrogen) atoms. The molecule has 1 saturated heterocycles. The first-order valence-corrected chi connectivity index (χ1v) is 6.56. The van der Waals surface area contributed by atoms with Gasteiger partial charge in [-0.15, -0.1) is 0 Å². The largest absolute Gasteiger partial charge is 0.394 e. The van der Waals surface area contributed by atoms with E-state index in [-0.39, 0.29) is 18.5 Å². The number of benzene rings is 1. The lowest BCUT2D eigenvalue weighted by Gasteiger charge is -2.36. The number of nitrogens with zero attached hydrogens (tertiary/aromatic N) is 1. The minimum atomic E-state index is -0.208. The molecule has 0 aromatic heterocycles. The van der Waals surface area contributed by atoms with Gasteiger partial charge in [-0.1, -0.05) is 0 Å². The Morgan fingerprint density at radius 2 is 2.22 bits per heavy atom. The number of aliphatic hydroxyl groups is 1. The molecular weight excluding hydrogens is 231 g/mol. The molecule has 1 unspecified atom stereocenters. The van der Waals surface area contributed by atoms with E-state index in [4.69, 9.17) is 0 Å². The lowest BCUT2D eigenvalue weighted by Crippen LogP contribution is -2.42. The van der Waals surface area contributed by atoms with Crippen LogP contribution in [-0.2, 0) is 6.54 Å². The summed E-state index contributed by atoms with van der Waals surface area (Å²) in [5.41, 5.74) is 1.83. The number of nitrogens with one attached hydrogen (secondary N) is 1. The van der Waals surface area contributed by atoms with Gasteiger partial charge in [-0.2, -0.15) is 0 Å². The van der Waals surface area contributed by atoms with Gasteiger partial charge in [-0.25, -0.2) is 4.39 Å². The Balaban J connectivity index is 2.24. The van der Waals surface area contributed by atoms with Crippen LogP contribution in [0.5, 0.6) is 0 Å². The van der Waals surface area contributed by atoms with Gasteiger partial charge in [0.05, 0.1) is 12.6 Å². The van der Waals surface area contributed by atoms with Crippen molar-refractivity contribution in [3.63, 3.8) is 0 Å². The summed E-state index contributed by atoms with van der Waals surface area (Å²) in [6.07, 6.45) is 3.23. The summed E-state index contributed by atoms with van der Waals surface area (Å²) in [6, 6.07) is 5.25. The Bertz CT molecular complexity index is 397. The van der Waals surface area contributed by atoms with E-state index < -0.39 is 0 Å². The van der Waals surface area contributed by atoms with Crippen LogP contribution in [0.2, 0.25) is 0 Å². The SMILES string of the molecule is CNCc1cc(F)cc(N2CCCCC2CO)c1. The lowest BCUT2D eigenvalue weighted by molar-refractivity contribution is 0.240. The van der Waals surface area contributed by atoms with E-state index in [9.17, 15) is 9.50 Å². The third-order valence-corrected chi connectivity index (χ3v) is 3.49. The van der Waals surface area contributed by atoms with Crippen molar-refractivity contribution in [2.24, 2.45) is 0 Å². The van der Waals surface area contributed by atoms with Gasteiger partial charge in [0.2, 0.25) is 0 Å². The van der Waals surface area contributed by atoms with Gasteiger partial charge < -0.3 is 15.3 Å². The Hall–Kier alpha value is -1.13. The van der Waals surface area contributed by atoms with E-state index >= 15 is 0 Å². The smallest absolute Gasteiger partial charge is 0.125 e. The van der Waals surface area contributed by atoms with E-state index in [0.717, 1.165) is 37.1 Å². The number of hydrogen-bond donors (Lipinski definition) is 2. The first kappa shape index (κ1) is 13.3. The van der Waals surface area contributed by atoms with E-state index in [1.54, 1.807) is 12.1 Å². The van der Waals surface area contributed by atoms with Crippen LogP contribution in [0, 0.1) is 5.82 Å². The number of anilines is 1. The fourth-order valence-electron chi connectivity index (χ4n) is 2.64. The Labute approximate surface area is 108 Å². The van der Waals surface area contributed by atoms with E-state index in [1.807, 2.05) is 13.1 Å². The maximum Gasteiger partial charge on any atom is 0.125 e. The van der Waals surface area contributed by atoms with Gasteiger partial charge >= 0.3 is 0 Å². The molecule has 0 saturated carbocycles. The fraction of sp³-hybridized carbons (Fsp3) is 0.571. The molecule has 1 atom stereocenters. The molecule has 2 N–H and O–H groups in total. The summed E-state index contributed by atoms with van der Waals surface area (Å²) in [7, 11) is 1.85. The summed E-state index contributed by atoms with van der Waals surface area (Å²) >= 11 is 0. The van der Waals surface area contributed by atoms with E-state index in [2.05, 4.69) is 10.2 Å². The normalized spacial score (nSPS) is 20.2. The van der Waals surface area contributed by atoms with Gasteiger partial charge in [0.1, 0.15) is 5.82 Å². The van der Waals surface area contributed by atoms with Gasteiger partial charge in [-0.3, -0.25) is 0 Å². The fourth-order valence-corrected chi connectivity index (χ4v) is 2.64. The maximum absolute atomic E-state index is 13.6. The van der Waals surface area contributed by atoms with E-state index in [0.29, 0.717) is 6.54 Å². The molecule has 0 bridgehead atoms. The predicted octanol–water partition coefficient (Wildman–Crippen LogP) is 1.90. The quantitative estimate of drug-likeness (QED) is 0.859. The molecule has 3 nitrogen and oxygen atoms in total. The molecule has 0 amide bonds. The third kappa shape index (κ3) is 3.00. The molecule has 1 heterocycles. The average Bonchev–Trinajstić information content (AvgIpc) is 2.38. The zero-order chi connectivity index (χ0) is 13.0. The van der Waals surface area contributed by atoms with Gasteiger partial charge in [0.15, 0.2) is 0 Å². The van der Waals surface area contributed by atoms with Crippen molar-refractivity contribution < 1.29 is 9.50 Å². The predicted molar refractivity (Wildman–Crippen MR) is 71.2 cm³/mol. The maximum atomic E-state index is 13.6. The molecule has 1 aliphatic heterocycles. The second kappa shape index (κ2) is 6.16. The molecule has 0 aliphatic carbocycles. The highest BCUT2D eigenvalue weighted by Gasteiger charge is 2.22. The van der Waals surface area contributed by atoms with Gasteiger partial charge in [-0.05, 0) is 50.1 Å². The highest BCUT2D eigenvalue weighted by atomic mass is 19.1. The zero-order valence-electron chi connectivity index (χ0n) is 10.8. The molecule has 100 valence electrons. The van der Waals surface area contributed by atoms with Crippen molar-refractivity contribution in [3.8, 4) is 0 Å². The summed E-state index contributed by atoms with van der Waals surface area (Å²) in [4.78, 5) is 2.13. The Morgan fingerprint density at radius 1 is 1.39 bits per heavy atom. The molecule has 2 rings (SSSR count). The second-order valence-electron chi connectivity index (χ2n) is 4.87. The lowest BCUT2D eigenvalue weighted by atomic mass is 10.0. The first-order valence-electron chi connectivity index (χ1n) is 6.56. The van der Waals surface area contributed by atoms with Gasteiger partial charge in [0, 0.05) is 18.8 Å². The Morgan fingerprint density at radius 3 is 2.94 bits per heavy atom. The van der Waals surface area contributed by atoms with Crippen LogP contribution in [0.15, 0.2) is 18.2 Å². The zero-order valence-corrected chi connectivity index (χ0v) is 10.8.